The van der Waals surface area contributed by atoms with E-state index in [1.165, 1.54) is 0 Å². The molecular formula is C13H20N2O3. The van der Waals surface area contributed by atoms with Crippen molar-refractivity contribution in [2.45, 2.75) is 41.5 Å². The Balaban J connectivity index is 3.54. The van der Waals surface area contributed by atoms with Crippen LogP contribution in [-0.4, -0.2) is 22.7 Å². The maximum atomic E-state index is 12.2. The van der Waals surface area contributed by atoms with E-state index in [2.05, 4.69) is 0 Å². The van der Waals surface area contributed by atoms with Crippen LogP contribution in [-0.2, 0) is 9.59 Å². The molecule has 4 amide bonds. The fraction of sp³-hybridized carbons (Fsp3) is 0.615. The van der Waals surface area contributed by atoms with E-state index in [0.29, 0.717) is 16.0 Å². The highest BCUT2D eigenvalue weighted by atomic mass is 16.2. The van der Waals surface area contributed by atoms with E-state index in [9.17, 15) is 14.4 Å². The summed E-state index contributed by atoms with van der Waals surface area (Å²) in [5, 5.41) is 0. The number of carbonyl (C=O) groups is 3. The molecule has 0 aromatic rings. The molecular weight excluding hydrogens is 232 g/mol. The number of imide groups is 3. The van der Waals surface area contributed by atoms with Gasteiger partial charge < -0.3 is 5.73 Å². The van der Waals surface area contributed by atoms with Crippen LogP contribution in [0.1, 0.15) is 41.5 Å². The van der Waals surface area contributed by atoms with Crippen molar-refractivity contribution in [2.75, 3.05) is 0 Å². The van der Waals surface area contributed by atoms with Crippen molar-refractivity contribution in [2.24, 2.45) is 16.6 Å². The summed E-state index contributed by atoms with van der Waals surface area (Å²) in [6.45, 7) is 11.0. The number of nitrogens with zero attached hydrogens (tertiary/aromatic N) is 1. The first kappa shape index (κ1) is 14.4. The molecule has 100 valence electrons. The summed E-state index contributed by atoms with van der Waals surface area (Å²) in [5.74, 6) is -1.19. The Kier molecular flexibility index (Phi) is 3.15. The van der Waals surface area contributed by atoms with Crippen LogP contribution < -0.4 is 5.73 Å². The fourth-order valence-corrected chi connectivity index (χ4v) is 2.12. The molecule has 0 saturated carbocycles. The first-order valence-electron chi connectivity index (χ1n) is 5.82. The summed E-state index contributed by atoms with van der Waals surface area (Å²) >= 11 is 0. The number of hydrogen-bond donors (Lipinski definition) is 1. The average molecular weight is 252 g/mol. The third-order valence-corrected chi connectivity index (χ3v) is 2.80. The van der Waals surface area contributed by atoms with Crippen LogP contribution in [0.4, 0.5) is 4.79 Å². The zero-order valence-electron chi connectivity index (χ0n) is 11.7. The quantitative estimate of drug-likeness (QED) is 0.668. The van der Waals surface area contributed by atoms with Crippen molar-refractivity contribution in [3.05, 3.63) is 11.1 Å². The van der Waals surface area contributed by atoms with Gasteiger partial charge in [0.15, 0.2) is 0 Å². The van der Waals surface area contributed by atoms with Gasteiger partial charge in [-0.25, -0.2) is 4.79 Å². The first-order chi connectivity index (χ1) is 7.89. The number of urea groups is 1. The third-order valence-electron chi connectivity index (χ3n) is 2.80. The molecule has 0 unspecified atom stereocenters. The molecule has 0 atom stereocenters. The van der Waals surface area contributed by atoms with E-state index in [1.54, 1.807) is 0 Å². The molecule has 0 aromatic heterocycles. The molecule has 2 N–H and O–H groups in total. The van der Waals surface area contributed by atoms with Crippen LogP contribution in [0.15, 0.2) is 11.1 Å². The summed E-state index contributed by atoms with van der Waals surface area (Å²) in [6.07, 6.45) is 0. The van der Waals surface area contributed by atoms with Gasteiger partial charge in [0.1, 0.15) is 0 Å². The van der Waals surface area contributed by atoms with E-state index in [4.69, 9.17) is 5.73 Å². The van der Waals surface area contributed by atoms with Gasteiger partial charge in [-0.1, -0.05) is 41.5 Å². The van der Waals surface area contributed by atoms with Crippen LogP contribution in [0, 0.1) is 10.8 Å². The normalized spacial score (nSPS) is 17.8. The summed E-state index contributed by atoms with van der Waals surface area (Å²) in [4.78, 5) is 36.2. The van der Waals surface area contributed by atoms with Gasteiger partial charge in [-0.15, -0.1) is 0 Å². The number of rotatable bonds is 0. The summed E-state index contributed by atoms with van der Waals surface area (Å²) < 4.78 is 0. The van der Waals surface area contributed by atoms with Crippen LogP contribution in [0.5, 0.6) is 0 Å². The molecule has 5 heteroatoms. The minimum Gasteiger partial charge on any atom is -0.351 e. The van der Waals surface area contributed by atoms with Crippen LogP contribution >= 0.6 is 0 Å². The second kappa shape index (κ2) is 3.93. The second-order valence-corrected chi connectivity index (χ2v) is 6.53. The molecule has 0 aromatic carbocycles. The smallest absolute Gasteiger partial charge is 0.328 e. The van der Waals surface area contributed by atoms with Gasteiger partial charge >= 0.3 is 6.03 Å². The Morgan fingerprint density at radius 2 is 1.17 bits per heavy atom. The summed E-state index contributed by atoms with van der Waals surface area (Å²) in [7, 11) is 0. The standard InChI is InChI=1S/C13H20N2O3/c1-12(2,3)7-8(13(4,5)6)10(17)15(9(7)16)11(14)18/h1-6H3,(H2,14,18). The lowest BCUT2D eigenvalue weighted by Crippen LogP contribution is -2.42. The van der Waals surface area contributed by atoms with Crippen molar-refractivity contribution in [3.8, 4) is 0 Å². The van der Waals surface area contributed by atoms with E-state index in [-0.39, 0.29) is 0 Å². The van der Waals surface area contributed by atoms with Crippen molar-refractivity contribution >= 4 is 17.8 Å². The SMILES string of the molecule is CC(C)(C)C1=C(C(C)(C)C)C(=O)N(C(N)=O)C1=O. The predicted octanol–water partition coefficient (Wildman–Crippen LogP) is 1.82. The topological polar surface area (TPSA) is 80.5 Å². The Morgan fingerprint density at radius 3 is 1.33 bits per heavy atom. The van der Waals surface area contributed by atoms with E-state index in [0.717, 1.165) is 0 Å². The molecule has 1 aliphatic rings. The Bertz CT molecular complexity index is 426. The molecule has 0 saturated heterocycles. The molecule has 18 heavy (non-hydrogen) atoms. The van der Waals surface area contributed by atoms with Gasteiger partial charge in [-0.2, -0.15) is 4.90 Å². The lowest BCUT2D eigenvalue weighted by molar-refractivity contribution is -0.134. The minimum atomic E-state index is -1.02. The zero-order valence-corrected chi connectivity index (χ0v) is 11.7. The molecule has 1 rings (SSSR count). The molecule has 5 nitrogen and oxygen atoms in total. The van der Waals surface area contributed by atoms with Gasteiger partial charge in [0, 0.05) is 11.1 Å². The van der Waals surface area contributed by atoms with Gasteiger partial charge in [-0.3, -0.25) is 9.59 Å². The van der Waals surface area contributed by atoms with E-state index < -0.39 is 28.7 Å². The molecule has 0 aliphatic carbocycles. The second-order valence-electron chi connectivity index (χ2n) is 6.53. The molecule has 0 spiro atoms. The van der Waals surface area contributed by atoms with E-state index in [1.807, 2.05) is 41.5 Å². The van der Waals surface area contributed by atoms with Gasteiger partial charge in [0.25, 0.3) is 11.8 Å². The summed E-state index contributed by atoms with van der Waals surface area (Å²) in [5.41, 5.74) is 4.83. The monoisotopic (exact) mass is 252 g/mol. The zero-order chi connectivity index (χ0) is 14.5. The number of primary amides is 1. The van der Waals surface area contributed by atoms with Gasteiger partial charge in [0.05, 0.1) is 0 Å². The van der Waals surface area contributed by atoms with Gasteiger partial charge in [0.2, 0.25) is 0 Å². The molecule has 0 radical (unpaired) electrons. The number of carbonyl (C=O) groups excluding carboxylic acids is 3. The van der Waals surface area contributed by atoms with Crippen molar-refractivity contribution in [3.63, 3.8) is 0 Å². The Labute approximate surface area is 107 Å². The van der Waals surface area contributed by atoms with Crippen molar-refractivity contribution in [1.29, 1.82) is 0 Å². The van der Waals surface area contributed by atoms with Crippen molar-refractivity contribution < 1.29 is 14.4 Å². The Morgan fingerprint density at radius 1 is 0.889 bits per heavy atom. The Hall–Kier alpha value is -1.65. The van der Waals surface area contributed by atoms with Crippen LogP contribution in [0.3, 0.4) is 0 Å². The highest BCUT2D eigenvalue weighted by Gasteiger charge is 2.48. The summed E-state index contributed by atoms with van der Waals surface area (Å²) in [6, 6.07) is -1.02. The lowest BCUT2D eigenvalue weighted by atomic mass is 9.76. The highest BCUT2D eigenvalue weighted by Crippen LogP contribution is 2.42. The maximum absolute atomic E-state index is 12.2. The van der Waals surface area contributed by atoms with Crippen LogP contribution in [0.25, 0.3) is 0 Å². The fourth-order valence-electron chi connectivity index (χ4n) is 2.12. The van der Waals surface area contributed by atoms with Crippen molar-refractivity contribution in [1.82, 2.24) is 4.90 Å². The molecule has 0 fully saturated rings. The highest BCUT2D eigenvalue weighted by molar-refractivity contribution is 6.27. The largest absolute Gasteiger partial charge is 0.351 e. The minimum absolute atomic E-state index is 0.374. The van der Waals surface area contributed by atoms with Gasteiger partial charge in [-0.05, 0) is 10.8 Å². The molecule has 1 heterocycles. The number of nitrogens with two attached hydrogens (primary N) is 1. The third kappa shape index (κ3) is 2.17. The molecule has 0 bridgehead atoms. The van der Waals surface area contributed by atoms with E-state index >= 15 is 0 Å². The van der Waals surface area contributed by atoms with Crippen LogP contribution in [0.2, 0.25) is 0 Å². The first-order valence-corrected chi connectivity index (χ1v) is 5.82. The average Bonchev–Trinajstić information content (AvgIpc) is 2.35. The molecule has 1 aliphatic heterocycles. The lowest BCUT2D eigenvalue weighted by Gasteiger charge is -2.25. The number of amides is 4. The maximum Gasteiger partial charge on any atom is 0.328 e. The number of hydrogen-bond acceptors (Lipinski definition) is 3. The predicted molar refractivity (Wildman–Crippen MR) is 67.4 cm³/mol.